The molecule has 0 unspecified atom stereocenters. The van der Waals surface area contributed by atoms with Crippen molar-refractivity contribution < 1.29 is 9.53 Å². The van der Waals surface area contributed by atoms with Gasteiger partial charge in [0.15, 0.2) is 0 Å². The van der Waals surface area contributed by atoms with Gasteiger partial charge in [0.25, 0.3) is 0 Å². The van der Waals surface area contributed by atoms with E-state index in [4.69, 9.17) is 4.74 Å². The summed E-state index contributed by atoms with van der Waals surface area (Å²) in [5, 5.41) is 0. The fourth-order valence-corrected chi connectivity index (χ4v) is 4.83. The second-order valence-electron chi connectivity index (χ2n) is 8.06. The molecule has 0 N–H and O–H groups in total. The molecule has 134 valence electrons. The van der Waals surface area contributed by atoms with Crippen LogP contribution >= 0.6 is 0 Å². The molecule has 0 aromatic heterocycles. The zero-order chi connectivity index (χ0) is 16.5. The van der Waals surface area contributed by atoms with Crippen LogP contribution in [-0.4, -0.2) is 12.6 Å². The lowest BCUT2D eigenvalue weighted by molar-refractivity contribution is -0.150. The average Bonchev–Trinajstić information content (AvgIpc) is 2.60. The molecule has 0 aromatic rings. The highest BCUT2D eigenvalue weighted by molar-refractivity contribution is 5.72. The van der Waals surface area contributed by atoms with Crippen molar-refractivity contribution in [3.63, 3.8) is 0 Å². The standard InChI is InChI=1S/C21H38O2/c1-3-5-6-16-23-21(22)20-14-12-19(13-15-20)18-10-8-17(7-4-2)9-11-18/h17-20H,3-16H2,1-2H3. The third kappa shape index (κ3) is 6.12. The number of carbonyl (C=O) groups excluding carboxylic acids is 1. The van der Waals surface area contributed by atoms with E-state index in [9.17, 15) is 4.79 Å². The van der Waals surface area contributed by atoms with Crippen LogP contribution in [-0.2, 0) is 9.53 Å². The molecule has 23 heavy (non-hydrogen) atoms. The molecule has 0 radical (unpaired) electrons. The SMILES string of the molecule is CCCCCOC(=O)C1CCC(C2CCC(CCC)CC2)CC1. The molecule has 2 saturated carbocycles. The molecule has 2 aliphatic carbocycles. The van der Waals surface area contributed by atoms with Crippen molar-refractivity contribution in [2.75, 3.05) is 6.61 Å². The molecule has 0 spiro atoms. The first-order chi connectivity index (χ1) is 11.2. The molecule has 2 nitrogen and oxygen atoms in total. The minimum absolute atomic E-state index is 0.0891. The highest BCUT2D eigenvalue weighted by atomic mass is 16.5. The van der Waals surface area contributed by atoms with Crippen molar-refractivity contribution in [3.8, 4) is 0 Å². The van der Waals surface area contributed by atoms with Crippen LogP contribution in [0.25, 0.3) is 0 Å². The van der Waals surface area contributed by atoms with Crippen LogP contribution in [0.3, 0.4) is 0 Å². The molecular weight excluding hydrogens is 284 g/mol. The lowest BCUT2D eigenvalue weighted by atomic mass is 9.69. The fourth-order valence-electron chi connectivity index (χ4n) is 4.83. The number of carbonyl (C=O) groups is 1. The average molecular weight is 323 g/mol. The van der Waals surface area contributed by atoms with Gasteiger partial charge in [0.1, 0.15) is 0 Å². The maximum Gasteiger partial charge on any atom is 0.308 e. The third-order valence-electron chi connectivity index (χ3n) is 6.35. The zero-order valence-electron chi connectivity index (χ0n) is 15.5. The maximum atomic E-state index is 12.1. The Morgan fingerprint density at radius 3 is 2.00 bits per heavy atom. The Hall–Kier alpha value is -0.530. The van der Waals surface area contributed by atoms with Crippen LogP contribution in [0.1, 0.15) is 97.3 Å². The summed E-state index contributed by atoms with van der Waals surface area (Å²) in [6, 6.07) is 0. The number of hydrogen-bond acceptors (Lipinski definition) is 2. The first kappa shape index (κ1) is 18.8. The summed E-state index contributed by atoms with van der Waals surface area (Å²) in [6.07, 6.45) is 16.6. The maximum absolute atomic E-state index is 12.1. The monoisotopic (exact) mass is 322 g/mol. The Labute approximate surface area is 143 Å². The van der Waals surface area contributed by atoms with Crippen LogP contribution < -0.4 is 0 Å². The summed E-state index contributed by atoms with van der Waals surface area (Å²) >= 11 is 0. The van der Waals surface area contributed by atoms with Gasteiger partial charge in [0.2, 0.25) is 0 Å². The summed E-state index contributed by atoms with van der Waals surface area (Å²) in [4.78, 5) is 12.1. The fraction of sp³-hybridized carbons (Fsp3) is 0.952. The second kappa shape index (κ2) is 10.4. The number of hydrogen-bond donors (Lipinski definition) is 0. The first-order valence-corrected chi connectivity index (χ1v) is 10.4. The Kier molecular flexibility index (Phi) is 8.47. The normalized spacial score (nSPS) is 31.7. The predicted molar refractivity (Wildman–Crippen MR) is 96.3 cm³/mol. The molecule has 0 bridgehead atoms. The number of rotatable bonds is 8. The largest absolute Gasteiger partial charge is 0.465 e. The topological polar surface area (TPSA) is 26.3 Å². The van der Waals surface area contributed by atoms with Gasteiger partial charge in [-0.15, -0.1) is 0 Å². The lowest BCUT2D eigenvalue weighted by Gasteiger charge is -2.37. The molecule has 0 amide bonds. The van der Waals surface area contributed by atoms with Crippen molar-refractivity contribution >= 4 is 5.97 Å². The van der Waals surface area contributed by atoms with Gasteiger partial charge in [-0.25, -0.2) is 0 Å². The van der Waals surface area contributed by atoms with E-state index < -0.39 is 0 Å². The summed E-state index contributed by atoms with van der Waals surface area (Å²) in [5.74, 6) is 3.13. The van der Waals surface area contributed by atoms with E-state index in [-0.39, 0.29) is 11.9 Å². The van der Waals surface area contributed by atoms with Gasteiger partial charge in [-0.1, -0.05) is 52.4 Å². The smallest absolute Gasteiger partial charge is 0.308 e. The number of unbranched alkanes of at least 4 members (excludes halogenated alkanes) is 2. The van der Waals surface area contributed by atoms with Crippen LogP contribution in [0.5, 0.6) is 0 Å². The van der Waals surface area contributed by atoms with E-state index in [0.717, 1.165) is 37.0 Å². The minimum Gasteiger partial charge on any atom is -0.465 e. The zero-order valence-corrected chi connectivity index (χ0v) is 15.5. The predicted octanol–water partition coefficient (Wildman–Crippen LogP) is 6.13. The molecule has 2 fully saturated rings. The summed E-state index contributed by atoms with van der Waals surface area (Å²) in [6.45, 7) is 5.13. The molecule has 0 aromatic carbocycles. The van der Waals surface area contributed by atoms with Crippen LogP contribution in [0.4, 0.5) is 0 Å². The minimum atomic E-state index is 0.0891. The van der Waals surface area contributed by atoms with E-state index in [0.29, 0.717) is 6.61 Å². The summed E-state index contributed by atoms with van der Waals surface area (Å²) in [5.41, 5.74) is 0. The Morgan fingerprint density at radius 1 is 0.826 bits per heavy atom. The molecular formula is C21H38O2. The number of ether oxygens (including phenoxy) is 1. The lowest BCUT2D eigenvalue weighted by Crippen LogP contribution is -2.29. The van der Waals surface area contributed by atoms with Crippen LogP contribution in [0.2, 0.25) is 0 Å². The van der Waals surface area contributed by atoms with Gasteiger partial charge in [-0.3, -0.25) is 4.79 Å². The summed E-state index contributed by atoms with van der Waals surface area (Å²) in [7, 11) is 0. The molecule has 0 saturated heterocycles. The van der Waals surface area contributed by atoms with Crippen LogP contribution in [0, 0.1) is 23.7 Å². The molecule has 2 aliphatic rings. The van der Waals surface area contributed by atoms with Crippen molar-refractivity contribution in [2.24, 2.45) is 23.7 Å². The van der Waals surface area contributed by atoms with E-state index >= 15 is 0 Å². The van der Waals surface area contributed by atoms with Crippen molar-refractivity contribution in [2.45, 2.75) is 97.3 Å². The number of esters is 1. The molecule has 0 aliphatic heterocycles. The second-order valence-corrected chi connectivity index (χ2v) is 8.06. The third-order valence-corrected chi connectivity index (χ3v) is 6.35. The first-order valence-electron chi connectivity index (χ1n) is 10.4. The Balaban J connectivity index is 1.63. The summed E-state index contributed by atoms with van der Waals surface area (Å²) < 4.78 is 5.47. The van der Waals surface area contributed by atoms with Gasteiger partial charge < -0.3 is 4.74 Å². The van der Waals surface area contributed by atoms with Crippen LogP contribution in [0.15, 0.2) is 0 Å². The highest BCUT2D eigenvalue weighted by Crippen LogP contribution is 2.42. The highest BCUT2D eigenvalue weighted by Gasteiger charge is 2.33. The molecule has 0 atom stereocenters. The van der Waals surface area contributed by atoms with Crippen molar-refractivity contribution in [1.82, 2.24) is 0 Å². The molecule has 2 heteroatoms. The molecule has 2 rings (SSSR count). The Bertz CT molecular complexity index is 323. The van der Waals surface area contributed by atoms with Gasteiger partial charge in [-0.05, 0) is 62.7 Å². The van der Waals surface area contributed by atoms with E-state index in [1.807, 2.05) is 0 Å². The van der Waals surface area contributed by atoms with E-state index in [2.05, 4.69) is 13.8 Å². The van der Waals surface area contributed by atoms with Gasteiger partial charge in [0.05, 0.1) is 12.5 Å². The van der Waals surface area contributed by atoms with Crippen molar-refractivity contribution in [3.05, 3.63) is 0 Å². The molecule has 0 heterocycles. The van der Waals surface area contributed by atoms with Crippen molar-refractivity contribution in [1.29, 1.82) is 0 Å². The quantitative estimate of drug-likeness (QED) is 0.397. The van der Waals surface area contributed by atoms with E-state index in [1.165, 1.54) is 64.2 Å². The van der Waals surface area contributed by atoms with E-state index in [1.54, 1.807) is 0 Å². The van der Waals surface area contributed by atoms with Gasteiger partial charge in [-0.2, -0.15) is 0 Å². The Morgan fingerprint density at radius 2 is 1.43 bits per heavy atom. The van der Waals surface area contributed by atoms with Gasteiger partial charge >= 0.3 is 5.97 Å². The van der Waals surface area contributed by atoms with Gasteiger partial charge in [0, 0.05) is 0 Å².